The second kappa shape index (κ2) is 8.12. The summed E-state index contributed by atoms with van der Waals surface area (Å²) in [5, 5.41) is 9.92. The van der Waals surface area contributed by atoms with Crippen LogP contribution in [0.3, 0.4) is 0 Å². The number of carbonyl (C=O) groups is 1. The maximum absolute atomic E-state index is 12.4. The van der Waals surface area contributed by atoms with Crippen molar-refractivity contribution in [1.29, 1.82) is 0 Å². The number of H-pyrrole nitrogens is 1. The van der Waals surface area contributed by atoms with Gasteiger partial charge in [0.05, 0.1) is 17.5 Å². The van der Waals surface area contributed by atoms with Crippen molar-refractivity contribution in [2.75, 3.05) is 6.54 Å². The van der Waals surface area contributed by atoms with Crippen LogP contribution < -0.4 is 15.6 Å². The van der Waals surface area contributed by atoms with E-state index in [0.29, 0.717) is 22.0 Å². The van der Waals surface area contributed by atoms with E-state index >= 15 is 0 Å². The Morgan fingerprint density at radius 1 is 1.07 bits per heavy atom. The lowest BCUT2D eigenvalue weighted by atomic mass is 10.1. The smallest absolute Gasteiger partial charge is 0.406 e. The molecule has 0 aliphatic heterocycles. The van der Waals surface area contributed by atoms with Gasteiger partial charge in [0.15, 0.2) is 0 Å². The van der Waals surface area contributed by atoms with Crippen molar-refractivity contribution >= 4 is 16.7 Å². The number of benzene rings is 2. The highest BCUT2D eigenvalue weighted by molar-refractivity contribution is 5.88. The van der Waals surface area contributed by atoms with Gasteiger partial charge in [0.2, 0.25) is 5.91 Å². The van der Waals surface area contributed by atoms with Crippen molar-refractivity contribution in [1.82, 2.24) is 15.5 Å². The third kappa shape index (κ3) is 4.87. The fraction of sp³-hybridized carbons (Fsp3) is 0.211. The highest BCUT2D eigenvalue weighted by Gasteiger charge is 2.31. The summed E-state index contributed by atoms with van der Waals surface area (Å²) in [4.78, 5) is 24.0. The molecule has 2 aromatic carbocycles. The van der Waals surface area contributed by atoms with Crippen LogP contribution in [0, 0.1) is 0 Å². The molecule has 0 radical (unpaired) electrons. The summed E-state index contributed by atoms with van der Waals surface area (Å²) in [6, 6.07) is 12.5. The van der Waals surface area contributed by atoms with Crippen LogP contribution in [0.15, 0.2) is 53.3 Å². The first-order valence-electron chi connectivity index (χ1n) is 8.40. The van der Waals surface area contributed by atoms with E-state index in [9.17, 15) is 22.8 Å². The Morgan fingerprint density at radius 3 is 2.50 bits per heavy atom. The van der Waals surface area contributed by atoms with E-state index in [-0.39, 0.29) is 36.6 Å². The van der Waals surface area contributed by atoms with Crippen LogP contribution in [0.5, 0.6) is 5.75 Å². The maximum atomic E-state index is 12.4. The second-order valence-corrected chi connectivity index (χ2v) is 5.98. The summed E-state index contributed by atoms with van der Waals surface area (Å²) in [5.41, 5.74) is 0.391. The summed E-state index contributed by atoms with van der Waals surface area (Å²) < 4.78 is 41.3. The van der Waals surface area contributed by atoms with Crippen LogP contribution in [0.25, 0.3) is 10.8 Å². The highest BCUT2D eigenvalue weighted by atomic mass is 19.4. The molecule has 0 saturated heterocycles. The molecule has 1 heterocycles. The molecule has 0 fully saturated rings. The molecule has 0 aliphatic carbocycles. The zero-order chi connectivity index (χ0) is 20.1. The molecule has 0 aliphatic rings. The van der Waals surface area contributed by atoms with Gasteiger partial charge in [0, 0.05) is 11.9 Å². The number of ether oxygens (including phenoxy) is 1. The van der Waals surface area contributed by atoms with Gasteiger partial charge in [-0.25, -0.2) is 5.10 Å². The highest BCUT2D eigenvalue weighted by Crippen LogP contribution is 2.26. The van der Waals surface area contributed by atoms with Gasteiger partial charge in [0.25, 0.3) is 5.56 Å². The first kappa shape index (κ1) is 19.4. The van der Waals surface area contributed by atoms with Gasteiger partial charge in [-0.1, -0.05) is 36.4 Å². The first-order chi connectivity index (χ1) is 13.3. The third-order valence-corrected chi connectivity index (χ3v) is 4.02. The Kier molecular flexibility index (Phi) is 5.62. The van der Waals surface area contributed by atoms with Crippen molar-refractivity contribution in [2.24, 2.45) is 0 Å². The van der Waals surface area contributed by atoms with E-state index in [2.05, 4.69) is 20.3 Å². The molecule has 3 aromatic rings. The summed E-state index contributed by atoms with van der Waals surface area (Å²) in [5.74, 6) is -0.656. The standard InChI is InChI=1S/C19H16F3N3O3/c20-19(21,22)28-16-8-4-1-5-12(16)9-10-23-17(26)11-15-13-6-2-3-7-14(13)18(27)25-24-15/h1-8H,9-11H2,(H,23,26)(H,25,27). The number of alkyl halides is 3. The lowest BCUT2D eigenvalue weighted by Crippen LogP contribution is -2.28. The SMILES string of the molecule is O=C(Cc1n[nH]c(=O)c2ccccc12)NCCc1ccccc1OC(F)(F)F. The molecule has 0 atom stereocenters. The molecular weight excluding hydrogens is 375 g/mol. The molecule has 0 bridgehead atoms. The normalized spacial score (nSPS) is 11.4. The van der Waals surface area contributed by atoms with Gasteiger partial charge in [-0.2, -0.15) is 5.10 Å². The molecule has 9 heteroatoms. The number of aromatic amines is 1. The predicted molar refractivity (Wildman–Crippen MR) is 95.9 cm³/mol. The Labute approximate surface area is 157 Å². The van der Waals surface area contributed by atoms with Gasteiger partial charge in [-0.3, -0.25) is 9.59 Å². The monoisotopic (exact) mass is 391 g/mol. The van der Waals surface area contributed by atoms with Crippen molar-refractivity contribution in [3.05, 3.63) is 70.1 Å². The minimum Gasteiger partial charge on any atom is -0.406 e. The van der Waals surface area contributed by atoms with Crippen molar-refractivity contribution < 1.29 is 22.7 Å². The molecule has 146 valence electrons. The molecule has 3 rings (SSSR count). The number of amides is 1. The van der Waals surface area contributed by atoms with E-state index in [0.717, 1.165) is 0 Å². The zero-order valence-corrected chi connectivity index (χ0v) is 14.5. The topological polar surface area (TPSA) is 84.1 Å². The van der Waals surface area contributed by atoms with Crippen LogP contribution in [-0.4, -0.2) is 29.0 Å². The Bertz CT molecular complexity index is 1050. The van der Waals surface area contributed by atoms with E-state index in [1.165, 1.54) is 18.2 Å². The van der Waals surface area contributed by atoms with Crippen molar-refractivity contribution in [3.8, 4) is 5.75 Å². The molecule has 6 nitrogen and oxygen atoms in total. The minimum atomic E-state index is -4.78. The number of carbonyl (C=O) groups excluding carboxylic acids is 1. The third-order valence-electron chi connectivity index (χ3n) is 4.02. The number of halogens is 3. The number of para-hydroxylation sites is 1. The van der Waals surface area contributed by atoms with Crippen LogP contribution >= 0.6 is 0 Å². The maximum Gasteiger partial charge on any atom is 0.573 e. The van der Waals surface area contributed by atoms with Crippen LogP contribution in [-0.2, 0) is 17.6 Å². The molecule has 0 spiro atoms. The minimum absolute atomic E-state index is 0.0714. The van der Waals surface area contributed by atoms with Crippen molar-refractivity contribution in [2.45, 2.75) is 19.2 Å². The number of hydrogen-bond acceptors (Lipinski definition) is 4. The first-order valence-corrected chi connectivity index (χ1v) is 8.40. The van der Waals surface area contributed by atoms with Gasteiger partial charge in [-0.05, 0) is 24.1 Å². The lowest BCUT2D eigenvalue weighted by molar-refractivity contribution is -0.274. The summed E-state index contributed by atoms with van der Waals surface area (Å²) >= 11 is 0. The number of fused-ring (bicyclic) bond motifs is 1. The van der Waals surface area contributed by atoms with E-state index in [1.54, 1.807) is 30.3 Å². The van der Waals surface area contributed by atoms with Gasteiger partial charge < -0.3 is 10.1 Å². The molecule has 0 unspecified atom stereocenters. The summed E-state index contributed by atoms with van der Waals surface area (Å²) in [6.45, 7) is 0.123. The number of nitrogens with zero attached hydrogens (tertiary/aromatic N) is 1. The second-order valence-electron chi connectivity index (χ2n) is 5.98. The van der Waals surface area contributed by atoms with Crippen LogP contribution in [0.1, 0.15) is 11.3 Å². The quantitative estimate of drug-likeness (QED) is 0.677. The molecular formula is C19H16F3N3O3. The molecule has 2 N–H and O–H groups in total. The number of rotatable bonds is 6. The van der Waals surface area contributed by atoms with E-state index in [4.69, 9.17) is 0 Å². The largest absolute Gasteiger partial charge is 0.573 e. The van der Waals surface area contributed by atoms with E-state index in [1.807, 2.05) is 0 Å². The number of nitrogens with one attached hydrogen (secondary N) is 2. The Morgan fingerprint density at radius 2 is 1.75 bits per heavy atom. The predicted octanol–water partition coefficient (Wildman–Crippen LogP) is 2.72. The van der Waals surface area contributed by atoms with Gasteiger partial charge >= 0.3 is 6.36 Å². The fourth-order valence-corrected chi connectivity index (χ4v) is 2.79. The average molecular weight is 391 g/mol. The molecule has 1 aromatic heterocycles. The van der Waals surface area contributed by atoms with Gasteiger partial charge in [0.1, 0.15) is 5.75 Å². The number of hydrogen-bond donors (Lipinski definition) is 2. The van der Waals surface area contributed by atoms with Crippen LogP contribution in [0.4, 0.5) is 13.2 Å². The molecule has 0 saturated carbocycles. The summed E-state index contributed by atoms with van der Waals surface area (Å²) in [7, 11) is 0. The lowest BCUT2D eigenvalue weighted by Gasteiger charge is -2.13. The van der Waals surface area contributed by atoms with Crippen LogP contribution in [0.2, 0.25) is 0 Å². The zero-order valence-electron chi connectivity index (χ0n) is 14.5. The fourth-order valence-electron chi connectivity index (χ4n) is 2.79. The van der Waals surface area contributed by atoms with Gasteiger partial charge in [-0.15, -0.1) is 13.2 Å². The van der Waals surface area contributed by atoms with Crippen molar-refractivity contribution in [3.63, 3.8) is 0 Å². The Balaban J connectivity index is 1.62. The van der Waals surface area contributed by atoms with E-state index < -0.39 is 6.36 Å². The summed E-state index contributed by atoms with van der Waals surface area (Å²) in [6.07, 6.45) is -4.69. The average Bonchev–Trinajstić information content (AvgIpc) is 2.64. The molecule has 1 amide bonds. The Hall–Kier alpha value is -3.36. The molecule has 28 heavy (non-hydrogen) atoms. The number of aromatic nitrogens is 2.